The highest BCUT2D eigenvalue weighted by Gasteiger charge is 2.24. The molecule has 1 atom stereocenters. The number of aryl methyl sites for hydroxylation is 1. The van der Waals surface area contributed by atoms with Crippen LogP contribution in [0.2, 0.25) is 0 Å². The molecule has 0 N–H and O–H groups in total. The van der Waals surface area contributed by atoms with Gasteiger partial charge in [-0.05, 0) is 32.4 Å². The molecule has 0 saturated carbocycles. The Balaban J connectivity index is 1.58. The lowest BCUT2D eigenvalue weighted by molar-refractivity contribution is 0.195. The number of likely N-dealkylation sites (tertiary alicyclic amines) is 1. The minimum absolute atomic E-state index is 0.117. The quantitative estimate of drug-likeness (QED) is 0.739. The summed E-state index contributed by atoms with van der Waals surface area (Å²) in [6.07, 6.45) is 7.92. The summed E-state index contributed by atoms with van der Waals surface area (Å²) in [5, 5.41) is 0. The van der Waals surface area contributed by atoms with Crippen LogP contribution in [-0.2, 0) is 6.54 Å². The molecule has 0 bridgehead atoms. The second kappa shape index (κ2) is 6.32. The predicted octanol–water partition coefficient (Wildman–Crippen LogP) is 3.56. The Bertz CT molecular complexity index is 857. The van der Waals surface area contributed by atoms with Gasteiger partial charge in [0.1, 0.15) is 11.6 Å². The van der Waals surface area contributed by atoms with E-state index < -0.39 is 0 Å². The molecule has 5 heteroatoms. The normalized spacial score (nSPS) is 19.0. The van der Waals surface area contributed by atoms with E-state index in [1.807, 2.05) is 37.6 Å². The van der Waals surface area contributed by atoms with Crippen molar-refractivity contribution in [2.75, 3.05) is 13.1 Å². The van der Waals surface area contributed by atoms with Crippen LogP contribution >= 0.6 is 0 Å². The van der Waals surface area contributed by atoms with E-state index >= 15 is 0 Å². The molecular formula is C19H21FN4. The van der Waals surface area contributed by atoms with E-state index in [1.165, 1.54) is 11.8 Å². The third-order valence-corrected chi connectivity index (χ3v) is 4.91. The molecule has 1 unspecified atom stereocenters. The van der Waals surface area contributed by atoms with E-state index in [0.717, 1.165) is 42.8 Å². The van der Waals surface area contributed by atoms with Crippen molar-refractivity contribution >= 4 is 5.52 Å². The first-order valence-electron chi connectivity index (χ1n) is 8.46. The van der Waals surface area contributed by atoms with Crippen LogP contribution in [0.4, 0.5) is 4.39 Å². The number of imidazole rings is 1. The van der Waals surface area contributed by atoms with Gasteiger partial charge in [-0.3, -0.25) is 14.3 Å². The van der Waals surface area contributed by atoms with Crippen molar-refractivity contribution in [1.82, 2.24) is 19.3 Å². The molecule has 1 aliphatic rings. The number of rotatable bonds is 3. The Hall–Kier alpha value is -2.27. The number of nitrogens with zero attached hydrogens (tertiary/aromatic N) is 4. The van der Waals surface area contributed by atoms with Gasteiger partial charge in [0.2, 0.25) is 0 Å². The molecule has 2 aromatic heterocycles. The summed E-state index contributed by atoms with van der Waals surface area (Å²) in [7, 11) is 0. The van der Waals surface area contributed by atoms with Crippen LogP contribution in [0.15, 0.2) is 42.9 Å². The van der Waals surface area contributed by atoms with Gasteiger partial charge in [0.05, 0.1) is 17.9 Å². The van der Waals surface area contributed by atoms with Crippen molar-refractivity contribution in [2.24, 2.45) is 0 Å². The average molecular weight is 324 g/mol. The minimum atomic E-state index is -0.117. The van der Waals surface area contributed by atoms with Crippen LogP contribution in [0, 0.1) is 12.7 Å². The zero-order valence-electron chi connectivity index (χ0n) is 13.8. The van der Waals surface area contributed by atoms with Crippen molar-refractivity contribution in [1.29, 1.82) is 0 Å². The second-order valence-electron chi connectivity index (χ2n) is 6.56. The van der Waals surface area contributed by atoms with Crippen LogP contribution in [0.5, 0.6) is 0 Å². The molecule has 0 radical (unpaired) electrons. The Morgan fingerprint density at radius 2 is 2.08 bits per heavy atom. The van der Waals surface area contributed by atoms with Crippen LogP contribution < -0.4 is 0 Å². The monoisotopic (exact) mass is 324 g/mol. The van der Waals surface area contributed by atoms with E-state index in [0.29, 0.717) is 12.5 Å². The molecule has 124 valence electrons. The highest BCUT2D eigenvalue weighted by molar-refractivity contribution is 5.45. The highest BCUT2D eigenvalue weighted by Crippen LogP contribution is 2.28. The standard InChI is InChI=1S/C19H21FN4/c1-14-22-10-17-9-21-11-19(24(14)17)16-6-4-8-23(13-16)12-15-5-2-3-7-18(15)20/h2-3,5,7,9-11,16H,4,6,8,12-13H2,1H3. The molecule has 4 nitrogen and oxygen atoms in total. The first-order valence-corrected chi connectivity index (χ1v) is 8.46. The average Bonchev–Trinajstić information content (AvgIpc) is 2.99. The van der Waals surface area contributed by atoms with Crippen molar-refractivity contribution < 1.29 is 4.39 Å². The van der Waals surface area contributed by atoms with Crippen molar-refractivity contribution in [3.05, 3.63) is 65.8 Å². The van der Waals surface area contributed by atoms with Crippen molar-refractivity contribution in [3.8, 4) is 0 Å². The number of aromatic nitrogens is 3. The summed E-state index contributed by atoms with van der Waals surface area (Å²) < 4.78 is 16.1. The maximum Gasteiger partial charge on any atom is 0.127 e. The van der Waals surface area contributed by atoms with Gasteiger partial charge < -0.3 is 0 Å². The summed E-state index contributed by atoms with van der Waals surface area (Å²) >= 11 is 0. The maximum atomic E-state index is 13.9. The Morgan fingerprint density at radius 3 is 2.96 bits per heavy atom. The maximum absolute atomic E-state index is 13.9. The van der Waals surface area contributed by atoms with E-state index in [4.69, 9.17) is 0 Å². The van der Waals surface area contributed by atoms with E-state index in [1.54, 1.807) is 6.07 Å². The summed E-state index contributed by atoms with van der Waals surface area (Å²) in [5.74, 6) is 1.28. The van der Waals surface area contributed by atoms with Crippen LogP contribution in [-0.4, -0.2) is 32.4 Å². The summed E-state index contributed by atoms with van der Waals surface area (Å²) in [4.78, 5) is 11.1. The van der Waals surface area contributed by atoms with E-state index in [2.05, 4.69) is 19.3 Å². The third kappa shape index (κ3) is 2.80. The molecule has 24 heavy (non-hydrogen) atoms. The van der Waals surface area contributed by atoms with Crippen LogP contribution in [0.1, 0.15) is 35.8 Å². The summed E-state index contributed by atoms with van der Waals surface area (Å²) in [6, 6.07) is 7.06. The Kier molecular flexibility index (Phi) is 4.02. The van der Waals surface area contributed by atoms with Gasteiger partial charge in [-0.2, -0.15) is 0 Å². The van der Waals surface area contributed by atoms with Gasteiger partial charge in [-0.1, -0.05) is 18.2 Å². The summed E-state index contributed by atoms with van der Waals surface area (Å²) in [5.41, 5.74) is 3.02. The van der Waals surface area contributed by atoms with Crippen molar-refractivity contribution in [2.45, 2.75) is 32.2 Å². The highest BCUT2D eigenvalue weighted by atomic mass is 19.1. The zero-order valence-corrected chi connectivity index (χ0v) is 13.8. The Morgan fingerprint density at radius 1 is 1.21 bits per heavy atom. The van der Waals surface area contributed by atoms with Gasteiger partial charge in [0.25, 0.3) is 0 Å². The molecule has 0 spiro atoms. The van der Waals surface area contributed by atoms with Crippen LogP contribution in [0.25, 0.3) is 5.52 Å². The van der Waals surface area contributed by atoms with E-state index in [9.17, 15) is 4.39 Å². The first kappa shape index (κ1) is 15.3. The molecule has 0 aliphatic carbocycles. The molecule has 3 heterocycles. The molecule has 4 rings (SSSR count). The minimum Gasteiger partial charge on any atom is -0.298 e. The SMILES string of the molecule is Cc1ncc2cncc(C3CCCN(Cc4ccccc4F)C3)n12. The predicted molar refractivity (Wildman–Crippen MR) is 91.4 cm³/mol. The van der Waals surface area contributed by atoms with Gasteiger partial charge >= 0.3 is 0 Å². The molecule has 1 aliphatic heterocycles. The van der Waals surface area contributed by atoms with E-state index in [-0.39, 0.29) is 5.82 Å². The van der Waals surface area contributed by atoms with Crippen LogP contribution in [0.3, 0.4) is 0 Å². The number of hydrogen-bond donors (Lipinski definition) is 0. The molecular weight excluding hydrogens is 303 g/mol. The number of benzene rings is 1. The number of hydrogen-bond acceptors (Lipinski definition) is 3. The fourth-order valence-electron chi connectivity index (χ4n) is 3.73. The first-order chi connectivity index (χ1) is 11.7. The summed E-state index contributed by atoms with van der Waals surface area (Å²) in [6.45, 7) is 4.62. The molecule has 1 aromatic carbocycles. The fourth-order valence-corrected chi connectivity index (χ4v) is 3.73. The molecule has 1 saturated heterocycles. The Labute approximate surface area is 141 Å². The second-order valence-corrected chi connectivity index (χ2v) is 6.56. The number of halogens is 1. The third-order valence-electron chi connectivity index (χ3n) is 4.91. The fraction of sp³-hybridized carbons (Fsp3) is 0.368. The van der Waals surface area contributed by atoms with Gasteiger partial charge in [-0.15, -0.1) is 0 Å². The lowest BCUT2D eigenvalue weighted by Gasteiger charge is -2.33. The molecule has 1 fully saturated rings. The smallest absolute Gasteiger partial charge is 0.127 e. The largest absolute Gasteiger partial charge is 0.298 e. The molecule has 0 amide bonds. The number of piperidine rings is 1. The number of fused-ring (bicyclic) bond motifs is 1. The topological polar surface area (TPSA) is 33.4 Å². The lowest BCUT2D eigenvalue weighted by atomic mass is 9.94. The lowest BCUT2D eigenvalue weighted by Crippen LogP contribution is -2.34. The zero-order chi connectivity index (χ0) is 16.5. The molecule has 3 aromatic rings. The van der Waals surface area contributed by atoms with Gasteiger partial charge in [0, 0.05) is 36.5 Å². The van der Waals surface area contributed by atoms with Gasteiger partial charge in [0.15, 0.2) is 0 Å². The van der Waals surface area contributed by atoms with Gasteiger partial charge in [-0.25, -0.2) is 9.37 Å². The van der Waals surface area contributed by atoms with Crippen molar-refractivity contribution in [3.63, 3.8) is 0 Å².